The van der Waals surface area contributed by atoms with Gasteiger partial charge in [0.15, 0.2) is 5.78 Å². The van der Waals surface area contributed by atoms with Crippen molar-refractivity contribution in [2.45, 2.75) is 26.2 Å². The summed E-state index contributed by atoms with van der Waals surface area (Å²) in [6.45, 7) is 2.92. The number of ether oxygens (including phenoxy) is 1. The molecule has 0 fully saturated rings. The second kappa shape index (κ2) is 7.30. The molecular weight excluding hydrogens is 302 g/mol. The Labute approximate surface area is 142 Å². The van der Waals surface area contributed by atoms with Crippen molar-refractivity contribution in [3.05, 3.63) is 59.7 Å². The van der Waals surface area contributed by atoms with Crippen LogP contribution in [0, 0.1) is 6.92 Å². The molecule has 2 aromatic rings. The summed E-state index contributed by atoms with van der Waals surface area (Å²) in [4.78, 5) is 26.3. The van der Waals surface area contributed by atoms with Crippen LogP contribution in [0.15, 0.2) is 48.5 Å². The van der Waals surface area contributed by atoms with Gasteiger partial charge >= 0.3 is 0 Å². The molecule has 2 aromatic carbocycles. The van der Waals surface area contributed by atoms with Gasteiger partial charge in [-0.3, -0.25) is 9.59 Å². The van der Waals surface area contributed by atoms with Crippen LogP contribution < -0.4 is 9.64 Å². The Morgan fingerprint density at radius 2 is 1.96 bits per heavy atom. The molecule has 0 radical (unpaired) electrons. The second-order valence-electron chi connectivity index (χ2n) is 6.00. The lowest BCUT2D eigenvalue weighted by atomic mass is 9.98. The van der Waals surface area contributed by atoms with E-state index in [1.165, 1.54) is 0 Å². The number of para-hydroxylation sites is 1. The molecule has 0 saturated carbocycles. The van der Waals surface area contributed by atoms with Gasteiger partial charge in [-0.1, -0.05) is 29.8 Å². The van der Waals surface area contributed by atoms with Crippen molar-refractivity contribution in [1.82, 2.24) is 0 Å². The summed E-state index contributed by atoms with van der Waals surface area (Å²) in [5.41, 5.74) is 2.44. The first-order chi connectivity index (χ1) is 11.6. The van der Waals surface area contributed by atoms with Gasteiger partial charge in [-0.05, 0) is 37.6 Å². The standard InChI is InChI=1S/C20H21NO3/c1-15-9-10-18-17(14-15)19(22)11-12-21(18)20(23)8-5-13-24-16-6-3-2-4-7-16/h2-4,6-7,9-10,14H,5,8,11-13H2,1H3. The number of nitrogens with zero attached hydrogens (tertiary/aromatic N) is 1. The van der Waals surface area contributed by atoms with Gasteiger partial charge in [0.1, 0.15) is 5.75 Å². The van der Waals surface area contributed by atoms with Gasteiger partial charge in [-0.15, -0.1) is 0 Å². The number of carbonyl (C=O) groups excluding carboxylic acids is 2. The van der Waals surface area contributed by atoms with E-state index in [0.29, 0.717) is 38.0 Å². The zero-order valence-electron chi connectivity index (χ0n) is 13.8. The molecule has 124 valence electrons. The van der Waals surface area contributed by atoms with Crippen molar-refractivity contribution in [3.8, 4) is 5.75 Å². The predicted molar refractivity (Wildman–Crippen MR) is 93.7 cm³/mol. The normalized spacial score (nSPS) is 13.5. The van der Waals surface area contributed by atoms with Crippen molar-refractivity contribution in [2.75, 3.05) is 18.1 Å². The third kappa shape index (κ3) is 3.65. The first kappa shape index (κ1) is 16.2. The Kier molecular flexibility index (Phi) is 4.94. The highest BCUT2D eigenvalue weighted by atomic mass is 16.5. The van der Waals surface area contributed by atoms with Gasteiger partial charge in [0.05, 0.1) is 12.3 Å². The highest BCUT2D eigenvalue weighted by Crippen LogP contribution is 2.28. The van der Waals surface area contributed by atoms with Crippen molar-refractivity contribution in [1.29, 1.82) is 0 Å². The van der Waals surface area contributed by atoms with Crippen molar-refractivity contribution in [2.24, 2.45) is 0 Å². The quantitative estimate of drug-likeness (QED) is 0.787. The summed E-state index contributed by atoms with van der Waals surface area (Å²) in [6.07, 6.45) is 1.45. The largest absolute Gasteiger partial charge is 0.494 e. The molecule has 0 bridgehead atoms. The summed E-state index contributed by atoms with van der Waals surface area (Å²) in [5.74, 6) is 0.976. The van der Waals surface area contributed by atoms with Crippen LogP contribution >= 0.6 is 0 Å². The van der Waals surface area contributed by atoms with Gasteiger partial charge in [0.2, 0.25) is 5.91 Å². The fraction of sp³-hybridized carbons (Fsp3) is 0.300. The van der Waals surface area contributed by atoms with E-state index in [9.17, 15) is 9.59 Å². The average molecular weight is 323 g/mol. The molecule has 1 aliphatic heterocycles. The zero-order chi connectivity index (χ0) is 16.9. The summed E-state index contributed by atoms with van der Waals surface area (Å²) < 4.78 is 5.62. The van der Waals surface area contributed by atoms with Crippen LogP contribution in [-0.4, -0.2) is 24.8 Å². The van der Waals surface area contributed by atoms with Crippen LogP contribution in [0.3, 0.4) is 0 Å². The molecule has 4 nitrogen and oxygen atoms in total. The smallest absolute Gasteiger partial charge is 0.227 e. The molecule has 0 N–H and O–H groups in total. The van der Waals surface area contributed by atoms with Gasteiger partial charge in [-0.2, -0.15) is 0 Å². The van der Waals surface area contributed by atoms with Crippen molar-refractivity contribution >= 4 is 17.4 Å². The SMILES string of the molecule is Cc1ccc2c(c1)C(=O)CCN2C(=O)CCCOc1ccccc1. The van der Waals surface area contributed by atoms with Gasteiger partial charge in [0, 0.05) is 24.9 Å². The fourth-order valence-corrected chi connectivity index (χ4v) is 2.90. The maximum atomic E-state index is 12.5. The van der Waals surface area contributed by atoms with Crippen LogP contribution in [0.2, 0.25) is 0 Å². The number of fused-ring (bicyclic) bond motifs is 1. The molecule has 1 aliphatic rings. The molecule has 1 heterocycles. The van der Waals surface area contributed by atoms with E-state index in [-0.39, 0.29) is 11.7 Å². The summed E-state index contributed by atoms with van der Waals surface area (Å²) >= 11 is 0. The first-order valence-electron chi connectivity index (χ1n) is 8.27. The minimum absolute atomic E-state index is 0.0456. The fourth-order valence-electron chi connectivity index (χ4n) is 2.90. The number of ketones is 1. The number of amides is 1. The Morgan fingerprint density at radius 1 is 1.17 bits per heavy atom. The maximum Gasteiger partial charge on any atom is 0.227 e. The van der Waals surface area contributed by atoms with E-state index < -0.39 is 0 Å². The molecule has 1 amide bonds. The number of aryl methyl sites for hydroxylation is 1. The van der Waals surface area contributed by atoms with Gasteiger partial charge in [-0.25, -0.2) is 0 Å². The summed E-state index contributed by atoms with van der Waals surface area (Å²) in [7, 11) is 0. The highest BCUT2D eigenvalue weighted by molar-refractivity contribution is 6.08. The third-order valence-electron chi connectivity index (χ3n) is 4.15. The zero-order valence-corrected chi connectivity index (χ0v) is 13.8. The van der Waals surface area contributed by atoms with E-state index in [4.69, 9.17) is 4.74 Å². The Bertz CT molecular complexity index is 740. The van der Waals surface area contributed by atoms with Crippen LogP contribution in [0.1, 0.15) is 35.2 Å². The molecule has 0 atom stereocenters. The van der Waals surface area contributed by atoms with E-state index in [0.717, 1.165) is 17.0 Å². The Morgan fingerprint density at radius 3 is 2.75 bits per heavy atom. The lowest BCUT2D eigenvalue weighted by Gasteiger charge is -2.29. The minimum atomic E-state index is 0.0456. The maximum absolute atomic E-state index is 12.5. The predicted octanol–water partition coefficient (Wildman–Crippen LogP) is 3.77. The van der Waals surface area contributed by atoms with E-state index >= 15 is 0 Å². The number of carbonyl (C=O) groups is 2. The Hall–Kier alpha value is -2.62. The lowest BCUT2D eigenvalue weighted by molar-refractivity contribution is -0.118. The molecule has 3 rings (SSSR count). The number of Topliss-reactive ketones (excluding diaryl/α,β-unsaturated/α-hetero) is 1. The first-order valence-corrected chi connectivity index (χ1v) is 8.27. The number of benzene rings is 2. The van der Waals surface area contributed by atoms with Crippen molar-refractivity contribution < 1.29 is 14.3 Å². The molecular formula is C20H21NO3. The number of anilines is 1. The average Bonchev–Trinajstić information content (AvgIpc) is 2.60. The number of rotatable bonds is 5. The van der Waals surface area contributed by atoms with E-state index in [1.807, 2.05) is 55.5 Å². The Balaban J connectivity index is 1.58. The second-order valence-corrected chi connectivity index (χ2v) is 6.00. The van der Waals surface area contributed by atoms with Gasteiger partial charge in [0.25, 0.3) is 0 Å². The molecule has 24 heavy (non-hydrogen) atoms. The van der Waals surface area contributed by atoms with Crippen LogP contribution in [0.5, 0.6) is 5.75 Å². The number of hydrogen-bond acceptors (Lipinski definition) is 3. The molecule has 0 spiro atoms. The highest BCUT2D eigenvalue weighted by Gasteiger charge is 2.26. The van der Waals surface area contributed by atoms with Crippen LogP contribution in [-0.2, 0) is 4.79 Å². The monoisotopic (exact) mass is 323 g/mol. The molecule has 0 aromatic heterocycles. The summed E-state index contributed by atoms with van der Waals surface area (Å²) in [5, 5.41) is 0. The van der Waals surface area contributed by atoms with Crippen molar-refractivity contribution in [3.63, 3.8) is 0 Å². The summed E-state index contributed by atoms with van der Waals surface area (Å²) in [6, 6.07) is 15.3. The van der Waals surface area contributed by atoms with Gasteiger partial charge < -0.3 is 9.64 Å². The lowest BCUT2D eigenvalue weighted by Crippen LogP contribution is -2.37. The van der Waals surface area contributed by atoms with Crippen LogP contribution in [0.4, 0.5) is 5.69 Å². The minimum Gasteiger partial charge on any atom is -0.494 e. The third-order valence-corrected chi connectivity index (χ3v) is 4.15. The van der Waals surface area contributed by atoms with E-state index in [2.05, 4.69) is 0 Å². The topological polar surface area (TPSA) is 46.6 Å². The molecule has 4 heteroatoms. The van der Waals surface area contributed by atoms with E-state index in [1.54, 1.807) is 4.90 Å². The number of hydrogen-bond donors (Lipinski definition) is 0. The molecule has 0 unspecified atom stereocenters. The molecule has 0 saturated heterocycles. The van der Waals surface area contributed by atoms with Crippen LogP contribution in [0.25, 0.3) is 0 Å². The molecule has 0 aliphatic carbocycles.